The van der Waals surface area contributed by atoms with Crippen LogP contribution < -0.4 is 4.74 Å². The van der Waals surface area contributed by atoms with Gasteiger partial charge in [-0.05, 0) is 30.3 Å². The second-order valence-electron chi connectivity index (χ2n) is 3.36. The van der Waals surface area contributed by atoms with E-state index in [1.54, 1.807) is 0 Å². The molecule has 2 aromatic rings. The molecule has 2 aromatic carbocycles. The fourth-order valence-corrected chi connectivity index (χ4v) is 1.74. The van der Waals surface area contributed by atoms with E-state index in [4.69, 9.17) is 33.2 Å². The monoisotopic (exact) mass is 280 g/mol. The van der Waals surface area contributed by atoms with Crippen molar-refractivity contribution in [1.29, 1.82) is 5.26 Å². The van der Waals surface area contributed by atoms with Crippen LogP contribution in [0.15, 0.2) is 30.3 Å². The molecule has 0 unspecified atom stereocenters. The third-order valence-corrected chi connectivity index (χ3v) is 2.59. The van der Waals surface area contributed by atoms with E-state index < -0.39 is 5.82 Å². The average molecular weight is 281 g/mol. The van der Waals surface area contributed by atoms with Crippen LogP contribution >= 0.6 is 23.2 Å². The minimum atomic E-state index is -0.707. The number of rotatable bonds is 2. The number of nitriles is 1. The van der Waals surface area contributed by atoms with Gasteiger partial charge in [0.15, 0.2) is 11.6 Å². The largest absolute Gasteiger partial charge is 0.453 e. The Balaban J connectivity index is 2.40. The molecule has 0 saturated heterocycles. The summed E-state index contributed by atoms with van der Waals surface area (Å²) in [5.74, 6) is -0.620. The molecule has 0 atom stereocenters. The van der Waals surface area contributed by atoms with Gasteiger partial charge in [0.05, 0.1) is 16.7 Å². The van der Waals surface area contributed by atoms with E-state index in [1.807, 2.05) is 6.07 Å². The minimum Gasteiger partial charge on any atom is -0.453 e. The Morgan fingerprint density at radius 3 is 2.72 bits per heavy atom. The first-order chi connectivity index (χ1) is 8.60. The van der Waals surface area contributed by atoms with E-state index in [0.717, 1.165) is 0 Å². The zero-order chi connectivity index (χ0) is 13.1. The van der Waals surface area contributed by atoms with Gasteiger partial charge in [-0.2, -0.15) is 5.26 Å². The van der Waals surface area contributed by atoms with Gasteiger partial charge in [0, 0.05) is 11.1 Å². The molecule has 0 spiro atoms. The molecule has 0 aliphatic heterocycles. The Kier molecular flexibility index (Phi) is 3.71. The Morgan fingerprint density at radius 1 is 1.28 bits per heavy atom. The number of ether oxygens (including phenoxy) is 1. The second-order valence-corrected chi connectivity index (χ2v) is 4.20. The van der Waals surface area contributed by atoms with Gasteiger partial charge in [-0.25, -0.2) is 4.39 Å². The number of hydrogen-bond acceptors (Lipinski definition) is 2. The van der Waals surface area contributed by atoms with Gasteiger partial charge in [-0.15, -0.1) is 0 Å². The van der Waals surface area contributed by atoms with Crippen LogP contribution in [0.3, 0.4) is 0 Å². The summed E-state index contributed by atoms with van der Waals surface area (Å²) in [7, 11) is 0. The van der Waals surface area contributed by atoms with Crippen molar-refractivity contribution in [2.75, 3.05) is 0 Å². The zero-order valence-electron chi connectivity index (χ0n) is 8.88. The fourth-order valence-electron chi connectivity index (χ4n) is 1.33. The quantitative estimate of drug-likeness (QED) is 0.806. The van der Waals surface area contributed by atoms with Gasteiger partial charge in [-0.1, -0.05) is 23.2 Å². The Hall–Kier alpha value is -1.76. The fraction of sp³-hybridized carbons (Fsp3) is 0. The molecule has 0 bridgehead atoms. The summed E-state index contributed by atoms with van der Waals surface area (Å²) in [5.41, 5.74) is 0.314. The molecule has 0 fully saturated rings. The average Bonchev–Trinajstić information content (AvgIpc) is 2.33. The number of benzene rings is 2. The number of hydrogen-bond donors (Lipinski definition) is 0. The van der Waals surface area contributed by atoms with Crippen molar-refractivity contribution in [3.8, 4) is 17.6 Å². The van der Waals surface area contributed by atoms with Crippen molar-refractivity contribution < 1.29 is 9.13 Å². The summed E-state index contributed by atoms with van der Waals surface area (Å²) >= 11 is 11.6. The lowest BCUT2D eigenvalue weighted by atomic mass is 10.2. The molecule has 1 radical (unpaired) electrons. The SMILES string of the molecule is N#Cc1cc(Cl)cc(Oc2c(F)[c]ccc2Cl)c1. The van der Waals surface area contributed by atoms with Crippen molar-refractivity contribution in [2.24, 2.45) is 0 Å². The van der Waals surface area contributed by atoms with Crippen molar-refractivity contribution in [1.82, 2.24) is 0 Å². The van der Waals surface area contributed by atoms with Gasteiger partial charge >= 0.3 is 0 Å². The molecule has 0 saturated carbocycles. The lowest BCUT2D eigenvalue weighted by Gasteiger charge is -2.08. The van der Waals surface area contributed by atoms with Gasteiger partial charge in [0.2, 0.25) is 0 Å². The molecule has 18 heavy (non-hydrogen) atoms. The highest BCUT2D eigenvalue weighted by Gasteiger charge is 2.10. The summed E-state index contributed by atoms with van der Waals surface area (Å²) in [4.78, 5) is 0. The van der Waals surface area contributed by atoms with Crippen LogP contribution in [-0.4, -0.2) is 0 Å². The molecule has 2 rings (SSSR count). The van der Waals surface area contributed by atoms with E-state index in [9.17, 15) is 4.39 Å². The van der Waals surface area contributed by atoms with E-state index in [1.165, 1.54) is 30.3 Å². The molecular formula is C13H5Cl2FNO. The van der Waals surface area contributed by atoms with Crippen LogP contribution in [0.2, 0.25) is 10.0 Å². The highest BCUT2D eigenvalue weighted by atomic mass is 35.5. The molecule has 2 nitrogen and oxygen atoms in total. The molecule has 0 amide bonds. The van der Waals surface area contributed by atoms with E-state index in [-0.39, 0.29) is 16.5 Å². The van der Waals surface area contributed by atoms with Crippen LogP contribution in [-0.2, 0) is 0 Å². The minimum absolute atomic E-state index is 0.115. The normalized spacial score (nSPS) is 9.89. The molecule has 5 heteroatoms. The van der Waals surface area contributed by atoms with Crippen molar-refractivity contribution >= 4 is 23.2 Å². The lowest BCUT2D eigenvalue weighted by Crippen LogP contribution is -1.90. The molecule has 0 aliphatic carbocycles. The Morgan fingerprint density at radius 2 is 2.06 bits per heavy atom. The van der Waals surface area contributed by atoms with E-state index in [2.05, 4.69) is 6.07 Å². The first-order valence-corrected chi connectivity index (χ1v) is 5.60. The molecule has 0 aromatic heterocycles. The molecular weight excluding hydrogens is 276 g/mol. The van der Waals surface area contributed by atoms with Gasteiger partial charge in [0.1, 0.15) is 5.75 Å². The maximum absolute atomic E-state index is 13.5. The Labute approximate surface area is 113 Å². The van der Waals surface area contributed by atoms with Crippen LogP contribution in [0.1, 0.15) is 5.56 Å². The smallest absolute Gasteiger partial charge is 0.182 e. The van der Waals surface area contributed by atoms with Crippen molar-refractivity contribution in [3.63, 3.8) is 0 Å². The predicted octanol–water partition coefficient (Wildman–Crippen LogP) is 4.60. The maximum Gasteiger partial charge on any atom is 0.182 e. The Bertz CT molecular complexity index is 617. The first-order valence-electron chi connectivity index (χ1n) is 4.84. The zero-order valence-corrected chi connectivity index (χ0v) is 10.4. The summed E-state index contributed by atoms with van der Waals surface area (Å²) in [6.07, 6.45) is 0. The maximum atomic E-state index is 13.5. The third kappa shape index (κ3) is 2.73. The van der Waals surface area contributed by atoms with Crippen LogP contribution in [0.5, 0.6) is 11.5 Å². The highest BCUT2D eigenvalue weighted by molar-refractivity contribution is 6.32. The van der Waals surface area contributed by atoms with Crippen LogP contribution in [0, 0.1) is 23.2 Å². The summed E-state index contributed by atoms with van der Waals surface area (Å²) in [6, 6.07) is 11.4. The van der Waals surface area contributed by atoms with Gasteiger partial charge in [0.25, 0.3) is 0 Å². The van der Waals surface area contributed by atoms with E-state index >= 15 is 0 Å². The molecule has 89 valence electrons. The van der Waals surface area contributed by atoms with Gasteiger partial charge in [-0.3, -0.25) is 0 Å². The predicted molar refractivity (Wildman–Crippen MR) is 66.5 cm³/mol. The summed E-state index contributed by atoms with van der Waals surface area (Å²) in [5, 5.41) is 9.23. The standard InChI is InChI=1S/C13H5Cl2FNO/c14-9-4-8(7-17)5-10(6-9)18-13-11(15)2-1-3-12(13)16/h1-2,4-6H. The number of nitrogens with zero attached hydrogens (tertiary/aromatic N) is 1. The number of halogens is 3. The topological polar surface area (TPSA) is 33.0 Å². The van der Waals surface area contributed by atoms with Crippen molar-refractivity contribution in [3.05, 3.63) is 57.8 Å². The summed E-state index contributed by atoms with van der Waals surface area (Å²) in [6.45, 7) is 0. The highest BCUT2D eigenvalue weighted by Crippen LogP contribution is 2.33. The third-order valence-electron chi connectivity index (χ3n) is 2.08. The lowest BCUT2D eigenvalue weighted by molar-refractivity contribution is 0.442. The molecule has 0 aliphatic rings. The molecule has 0 heterocycles. The van der Waals surface area contributed by atoms with E-state index in [0.29, 0.717) is 10.6 Å². The van der Waals surface area contributed by atoms with Crippen LogP contribution in [0.4, 0.5) is 4.39 Å². The van der Waals surface area contributed by atoms with Crippen LogP contribution in [0.25, 0.3) is 0 Å². The second kappa shape index (κ2) is 5.26. The van der Waals surface area contributed by atoms with Gasteiger partial charge < -0.3 is 4.74 Å². The van der Waals surface area contributed by atoms with Crippen molar-refractivity contribution in [2.45, 2.75) is 0 Å². The first kappa shape index (κ1) is 12.7. The molecule has 0 N–H and O–H groups in total. The summed E-state index contributed by atoms with van der Waals surface area (Å²) < 4.78 is 18.7.